The summed E-state index contributed by atoms with van der Waals surface area (Å²) >= 11 is 0. The van der Waals surface area contributed by atoms with Gasteiger partial charge >= 0.3 is 0 Å². The van der Waals surface area contributed by atoms with Crippen LogP contribution in [0.3, 0.4) is 0 Å². The van der Waals surface area contributed by atoms with Crippen LogP contribution in [0.1, 0.15) is 79.1 Å². The van der Waals surface area contributed by atoms with Crippen LogP contribution in [0, 0.1) is 11.8 Å². The lowest BCUT2D eigenvalue weighted by molar-refractivity contribution is -0.118. The maximum absolute atomic E-state index is 12.2. The van der Waals surface area contributed by atoms with Crippen LogP contribution in [0.25, 0.3) is 0 Å². The molecule has 0 amide bonds. The number of aliphatic hydroxyl groups is 1. The third kappa shape index (κ3) is 7.39. The molecule has 19 heavy (non-hydrogen) atoms. The van der Waals surface area contributed by atoms with E-state index in [1.54, 1.807) is 0 Å². The molecule has 0 aliphatic carbocycles. The average molecular weight is 268 g/mol. The zero-order chi connectivity index (χ0) is 14.7. The zero-order valence-corrected chi connectivity index (χ0v) is 13.2. The molecule has 0 aliphatic rings. The highest BCUT2D eigenvalue weighted by molar-refractivity contribution is 5.92. The number of allylic oxidation sites excluding steroid dienone is 2. The molecule has 0 unspecified atom stereocenters. The van der Waals surface area contributed by atoms with E-state index >= 15 is 0 Å². The SMILES string of the molecule is CCCC(CCC)C(=O)/C=C(\O)C(CCC)CCC. The van der Waals surface area contributed by atoms with Crippen LogP contribution in [0.5, 0.6) is 0 Å². The lowest BCUT2D eigenvalue weighted by atomic mass is 9.90. The van der Waals surface area contributed by atoms with Gasteiger partial charge in [0.05, 0.1) is 5.76 Å². The van der Waals surface area contributed by atoms with E-state index in [2.05, 4.69) is 27.7 Å². The van der Waals surface area contributed by atoms with Crippen LogP contribution >= 0.6 is 0 Å². The predicted molar refractivity (Wildman–Crippen MR) is 82.3 cm³/mol. The fourth-order valence-electron chi connectivity index (χ4n) is 2.64. The summed E-state index contributed by atoms with van der Waals surface area (Å²) in [6, 6.07) is 0. The van der Waals surface area contributed by atoms with Crippen molar-refractivity contribution in [1.82, 2.24) is 0 Å². The summed E-state index contributed by atoms with van der Waals surface area (Å²) in [7, 11) is 0. The van der Waals surface area contributed by atoms with Gasteiger partial charge in [-0.2, -0.15) is 0 Å². The highest BCUT2D eigenvalue weighted by atomic mass is 16.3. The molecule has 0 bridgehead atoms. The fourth-order valence-corrected chi connectivity index (χ4v) is 2.64. The van der Waals surface area contributed by atoms with E-state index in [0.717, 1.165) is 51.4 Å². The quantitative estimate of drug-likeness (QED) is 0.401. The van der Waals surface area contributed by atoms with Gasteiger partial charge in [-0.1, -0.05) is 53.4 Å². The van der Waals surface area contributed by atoms with Crippen LogP contribution in [0.15, 0.2) is 11.8 Å². The maximum Gasteiger partial charge on any atom is 0.162 e. The van der Waals surface area contributed by atoms with E-state index in [1.807, 2.05) is 0 Å². The number of ketones is 1. The monoisotopic (exact) mass is 268 g/mol. The standard InChI is InChI=1S/C17H32O2/c1-5-9-14(10-6-2)16(18)13-17(19)15(11-7-3)12-8-4/h13-15,18H,5-12H2,1-4H3/b16-13-. The molecule has 0 aromatic heterocycles. The number of aliphatic hydroxyl groups excluding tert-OH is 1. The largest absolute Gasteiger partial charge is 0.512 e. The molecule has 0 aromatic carbocycles. The first-order valence-corrected chi connectivity index (χ1v) is 8.04. The van der Waals surface area contributed by atoms with Gasteiger partial charge in [0.15, 0.2) is 5.78 Å². The third-order valence-electron chi connectivity index (χ3n) is 3.66. The Bertz CT molecular complexity index is 256. The lowest BCUT2D eigenvalue weighted by Crippen LogP contribution is -2.14. The molecule has 0 saturated heterocycles. The first-order chi connectivity index (χ1) is 9.10. The molecular weight excluding hydrogens is 236 g/mol. The summed E-state index contributed by atoms with van der Waals surface area (Å²) in [6.45, 7) is 8.45. The molecule has 2 nitrogen and oxygen atoms in total. The average Bonchev–Trinajstić information content (AvgIpc) is 2.38. The van der Waals surface area contributed by atoms with Crippen molar-refractivity contribution >= 4 is 5.78 Å². The van der Waals surface area contributed by atoms with E-state index in [0.29, 0.717) is 5.76 Å². The number of carbonyl (C=O) groups excluding carboxylic acids is 1. The van der Waals surface area contributed by atoms with Gasteiger partial charge in [-0.05, 0) is 25.7 Å². The molecule has 0 saturated carbocycles. The summed E-state index contributed by atoms with van der Waals surface area (Å²) in [5.41, 5.74) is 0. The van der Waals surface area contributed by atoms with E-state index in [-0.39, 0.29) is 17.6 Å². The van der Waals surface area contributed by atoms with Crippen LogP contribution in [0.4, 0.5) is 0 Å². The van der Waals surface area contributed by atoms with Crippen molar-refractivity contribution in [2.75, 3.05) is 0 Å². The smallest absolute Gasteiger partial charge is 0.162 e. The molecule has 0 heterocycles. The fraction of sp³-hybridized carbons (Fsp3) is 0.824. The topological polar surface area (TPSA) is 37.3 Å². The van der Waals surface area contributed by atoms with Crippen LogP contribution < -0.4 is 0 Å². The van der Waals surface area contributed by atoms with Crippen LogP contribution in [-0.2, 0) is 4.79 Å². The Balaban J connectivity index is 4.70. The van der Waals surface area contributed by atoms with E-state index in [4.69, 9.17) is 0 Å². The second-order valence-corrected chi connectivity index (χ2v) is 5.52. The molecule has 112 valence electrons. The second-order valence-electron chi connectivity index (χ2n) is 5.52. The number of carbonyl (C=O) groups is 1. The number of rotatable bonds is 11. The van der Waals surface area contributed by atoms with Gasteiger partial charge in [0, 0.05) is 17.9 Å². The number of hydrogen-bond acceptors (Lipinski definition) is 2. The van der Waals surface area contributed by atoms with Gasteiger partial charge in [0.25, 0.3) is 0 Å². The Hall–Kier alpha value is -0.790. The van der Waals surface area contributed by atoms with Crippen molar-refractivity contribution in [2.24, 2.45) is 11.8 Å². The third-order valence-corrected chi connectivity index (χ3v) is 3.66. The van der Waals surface area contributed by atoms with Crippen LogP contribution in [0.2, 0.25) is 0 Å². The Kier molecular flexibility index (Phi) is 10.6. The van der Waals surface area contributed by atoms with Gasteiger partial charge < -0.3 is 5.11 Å². The normalized spacial score (nSPS) is 12.4. The molecule has 0 aliphatic heterocycles. The summed E-state index contributed by atoms with van der Waals surface area (Å²) in [6.07, 6.45) is 9.47. The van der Waals surface area contributed by atoms with Gasteiger partial charge in [-0.15, -0.1) is 0 Å². The van der Waals surface area contributed by atoms with Crippen molar-refractivity contribution < 1.29 is 9.90 Å². The minimum Gasteiger partial charge on any atom is -0.512 e. The van der Waals surface area contributed by atoms with Crippen molar-refractivity contribution in [1.29, 1.82) is 0 Å². The Labute approximate surface area is 119 Å². The van der Waals surface area contributed by atoms with Crippen molar-refractivity contribution in [3.63, 3.8) is 0 Å². The molecule has 1 N–H and O–H groups in total. The zero-order valence-electron chi connectivity index (χ0n) is 13.2. The van der Waals surface area contributed by atoms with E-state index in [1.165, 1.54) is 6.08 Å². The summed E-state index contributed by atoms with van der Waals surface area (Å²) in [5.74, 6) is 0.702. The highest BCUT2D eigenvalue weighted by Gasteiger charge is 2.18. The molecule has 0 radical (unpaired) electrons. The van der Waals surface area contributed by atoms with Gasteiger partial charge in [-0.25, -0.2) is 0 Å². The Morgan fingerprint density at radius 1 is 0.842 bits per heavy atom. The second kappa shape index (κ2) is 11.1. The minimum atomic E-state index is 0.0982. The van der Waals surface area contributed by atoms with Gasteiger partial charge in [-0.3, -0.25) is 4.79 Å². The molecule has 0 spiro atoms. The van der Waals surface area contributed by atoms with Crippen molar-refractivity contribution in [2.45, 2.75) is 79.1 Å². The van der Waals surface area contributed by atoms with Gasteiger partial charge in [0.1, 0.15) is 0 Å². The molecule has 0 aromatic rings. The summed E-state index contributed by atoms with van der Waals surface area (Å²) < 4.78 is 0. The summed E-state index contributed by atoms with van der Waals surface area (Å²) in [4.78, 5) is 12.2. The summed E-state index contributed by atoms with van der Waals surface area (Å²) in [5, 5.41) is 10.2. The Morgan fingerprint density at radius 3 is 1.58 bits per heavy atom. The molecule has 2 heteroatoms. The number of hydrogen-bond donors (Lipinski definition) is 1. The lowest BCUT2D eigenvalue weighted by Gasteiger charge is -2.16. The van der Waals surface area contributed by atoms with Crippen molar-refractivity contribution in [3.05, 3.63) is 11.8 Å². The van der Waals surface area contributed by atoms with E-state index in [9.17, 15) is 9.90 Å². The van der Waals surface area contributed by atoms with Gasteiger partial charge in [0.2, 0.25) is 0 Å². The molecule has 0 fully saturated rings. The van der Waals surface area contributed by atoms with E-state index < -0.39 is 0 Å². The first-order valence-electron chi connectivity index (χ1n) is 8.04. The first kappa shape index (κ1) is 18.2. The molecular formula is C17H32O2. The molecule has 0 atom stereocenters. The minimum absolute atomic E-state index is 0.0982. The Morgan fingerprint density at radius 2 is 1.21 bits per heavy atom. The van der Waals surface area contributed by atoms with Crippen molar-refractivity contribution in [3.8, 4) is 0 Å². The molecule has 0 rings (SSSR count). The highest BCUT2D eigenvalue weighted by Crippen LogP contribution is 2.23. The predicted octanol–water partition coefficient (Wildman–Crippen LogP) is 5.43. The maximum atomic E-state index is 12.2. The van der Waals surface area contributed by atoms with Crippen LogP contribution in [-0.4, -0.2) is 10.9 Å².